The van der Waals surface area contributed by atoms with Crippen molar-refractivity contribution in [2.75, 3.05) is 14.2 Å². The van der Waals surface area contributed by atoms with E-state index in [0.29, 0.717) is 6.08 Å². The second kappa shape index (κ2) is 4.43. The molecule has 0 aliphatic heterocycles. The lowest BCUT2D eigenvalue weighted by Gasteiger charge is -1.93. The van der Waals surface area contributed by atoms with Crippen LogP contribution in [-0.2, 0) is 19.1 Å². The minimum Gasteiger partial charge on any atom is -0.466 e. The van der Waals surface area contributed by atoms with E-state index in [0.717, 1.165) is 14.2 Å². The van der Waals surface area contributed by atoms with Gasteiger partial charge in [-0.25, -0.2) is 9.59 Å². The molecular weight excluding hydrogens is 155 g/mol. The summed E-state index contributed by atoms with van der Waals surface area (Å²) in [6, 6.07) is 0. The molecule has 0 heterocycles. The molecule has 0 saturated heterocycles. The molecular formula is C6H7FO4. The average molecular weight is 162 g/mol. The zero-order chi connectivity index (χ0) is 8.85. The summed E-state index contributed by atoms with van der Waals surface area (Å²) < 4.78 is 20.3. The number of esters is 2. The van der Waals surface area contributed by atoms with Crippen LogP contribution in [0.15, 0.2) is 11.9 Å². The Kier molecular flexibility index (Phi) is 3.87. The predicted molar refractivity (Wildman–Crippen MR) is 33.2 cm³/mol. The topological polar surface area (TPSA) is 52.6 Å². The maximum absolute atomic E-state index is 12.3. The number of halogens is 1. The van der Waals surface area contributed by atoms with E-state index < -0.39 is 17.8 Å². The first-order valence-corrected chi connectivity index (χ1v) is 2.65. The molecule has 0 spiro atoms. The van der Waals surface area contributed by atoms with Crippen LogP contribution in [0.5, 0.6) is 0 Å². The zero-order valence-electron chi connectivity index (χ0n) is 6.09. The van der Waals surface area contributed by atoms with Gasteiger partial charge in [-0.1, -0.05) is 0 Å². The smallest absolute Gasteiger partial charge is 0.367 e. The number of hydrogen-bond donors (Lipinski definition) is 0. The predicted octanol–water partition coefficient (Wildman–Crippen LogP) is 0.186. The Bertz CT molecular complexity index is 197. The van der Waals surface area contributed by atoms with Crippen molar-refractivity contribution in [3.8, 4) is 0 Å². The highest BCUT2D eigenvalue weighted by atomic mass is 19.1. The van der Waals surface area contributed by atoms with Gasteiger partial charge in [-0.3, -0.25) is 0 Å². The molecule has 11 heavy (non-hydrogen) atoms. The highest BCUT2D eigenvalue weighted by molar-refractivity contribution is 5.94. The van der Waals surface area contributed by atoms with Crippen molar-refractivity contribution in [3.63, 3.8) is 0 Å². The van der Waals surface area contributed by atoms with Gasteiger partial charge >= 0.3 is 11.9 Å². The van der Waals surface area contributed by atoms with Crippen molar-refractivity contribution in [2.45, 2.75) is 0 Å². The molecule has 0 unspecified atom stereocenters. The molecule has 0 radical (unpaired) electrons. The summed E-state index contributed by atoms with van der Waals surface area (Å²) >= 11 is 0. The van der Waals surface area contributed by atoms with Gasteiger partial charge in [0.15, 0.2) is 0 Å². The molecule has 0 fully saturated rings. The summed E-state index contributed by atoms with van der Waals surface area (Å²) in [5.41, 5.74) is 0. The van der Waals surface area contributed by atoms with Crippen molar-refractivity contribution in [3.05, 3.63) is 11.9 Å². The third-order valence-electron chi connectivity index (χ3n) is 0.826. The molecule has 0 aromatic rings. The monoisotopic (exact) mass is 162 g/mol. The van der Waals surface area contributed by atoms with E-state index in [4.69, 9.17) is 0 Å². The number of rotatable bonds is 2. The zero-order valence-corrected chi connectivity index (χ0v) is 6.09. The van der Waals surface area contributed by atoms with Gasteiger partial charge in [0, 0.05) is 0 Å². The van der Waals surface area contributed by atoms with E-state index in [1.54, 1.807) is 0 Å². The second-order valence-corrected chi connectivity index (χ2v) is 1.51. The third kappa shape index (κ3) is 3.34. The first-order chi connectivity index (χ1) is 5.11. The van der Waals surface area contributed by atoms with E-state index in [2.05, 4.69) is 9.47 Å². The molecule has 0 N–H and O–H groups in total. The largest absolute Gasteiger partial charge is 0.466 e. The molecule has 62 valence electrons. The van der Waals surface area contributed by atoms with Crippen LogP contribution in [0, 0.1) is 0 Å². The Morgan fingerprint density at radius 1 is 1.27 bits per heavy atom. The number of ether oxygens (including phenoxy) is 2. The molecule has 4 nitrogen and oxygen atoms in total. The normalized spacial score (nSPS) is 10.6. The number of hydrogen-bond acceptors (Lipinski definition) is 4. The third-order valence-corrected chi connectivity index (χ3v) is 0.826. The molecule has 0 amide bonds. The molecule has 0 aromatic carbocycles. The molecule has 0 saturated carbocycles. The first kappa shape index (κ1) is 9.61. The summed E-state index contributed by atoms with van der Waals surface area (Å²) in [5, 5.41) is 0. The summed E-state index contributed by atoms with van der Waals surface area (Å²) in [5.74, 6) is -3.41. The van der Waals surface area contributed by atoms with E-state index in [1.807, 2.05) is 0 Å². The van der Waals surface area contributed by atoms with E-state index in [9.17, 15) is 14.0 Å². The highest BCUT2D eigenvalue weighted by Crippen LogP contribution is 1.98. The van der Waals surface area contributed by atoms with E-state index in [-0.39, 0.29) is 0 Å². The minimum absolute atomic E-state index is 0.409. The second-order valence-electron chi connectivity index (χ2n) is 1.51. The van der Waals surface area contributed by atoms with Gasteiger partial charge < -0.3 is 9.47 Å². The Labute approximate surface area is 62.6 Å². The number of carbonyl (C=O) groups is 2. The fourth-order valence-corrected chi connectivity index (χ4v) is 0.319. The maximum Gasteiger partial charge on any atom is 0.367 e. The molecule has 0 aromatic heterocycles. The molecule has 0 bridgehead atoms. The van der Waals surface area contributed by atoms with Crippen molar-refractivity contribution in [1.82, 2.24) is 0 Å². The lowest BCUT2D eigenvalue weighted by atomic mass is 10.5. The summed E-state index contributed by atoms with van der Waals surface area (Å²) in [6.07, 6.45) is 0.409. The molecule has 0 atom stereocenters. The van der Waals surface area contributed by atoms with Gasteiger partial charge in [-0.2, -0.15) is 4.39 Å². The number of methoxy groups -OCH3 is 2. The lowest BCUT2D eigenvalue weighted by molar-refractivity contribution is -0.139. The number of carbonyl (C=O) groups excluding carboxylic acids is 2. The average Bonchev–Trinajstić information content (AvgIpc) is 2.02. The standard InChI is InChI=1S/C6H7FO4/c1-10-5(8)3-4(7)6(9)11-2/h3H,1-2H3/b4-3-. The van der Waals surface area contributed by atoms with Gasteiger partial charge in [-0.15, -0.1) is 0 Å². The lowest BCUT2D eigenvalue weighted by Crippen LogP contribution is -2.04. The van der Waals surface area contributed by atoms with Crippen LogP contribution < -0.4 is 0 Å². The SMILES string of the molecule is COC(=O)/C=C(\F)C(=O)OC. The van der Waals surface area contributed by atoms with Crippen LogP contribution in [0.3, 0.4) is 0 Å². The van der Waals surface area contributed by atoms with Gasteiger partial charge in [0.1, 0.15) is 0 Å². The summed E-state index contributed by atoms with van der Waals surface area (Å²) in [7, 11) is 2.08. The van der Waals surface area contributed by atoms with Crippen LogP contribution in [0.25, 0.3) is 0 Å². The van der Waals surface area contributed by atoms with E-state index >= 15 is 0 Å². The van der Waals surface area contributed by atoms with Crippen molar-refractivity contribution in [1.29, 1.82) is 0 Å². The van der Waals surface area contributed by atoms with Crippen LogP contribution in [0.4, 0.5) is 4.39 Å². The first-order valence-electron chi connectivity index (χ1n) is 2.65. The summed E-state index contributed by atoms with van der Waals surface area (Å²) in [4.78, 5) is 20.6. The van der Waals surface area contributed by atoms with Gasteiger partial charge in [-0.05, 0) is 0 Å². The summed E-state index contributed by atoms with van der Waals surface area (Å²) in [6.45, 7) is 0. The van der Waals surface area contributed by atoms with Crippen molar-refractivity contribution >= 4 is 11.9 Å². The van der Waals surface area contributed by atoms with Gasteiger partial charge in [0.05, 0.1) is 20.3 Å². The minimum atomic E-state index is -1.28. The Hall–Kier alpha value is -1.39. The van der Waals surface area contributed by atoms with Crippen molar-refractivity contribution < 1.29 is 23.5 Å². The fraction of sp³-hybridized carbons (Fsp3) is 0.333. The highest BCUT2D eigenvalue weighted by Gasteiger charge is 2.10. The van der Waals surface area contributed by atoms with Crippen LogP contribution in [0.2, 0.25) is 0 Å². The molecule has 0 rings (SSSR count). The Morgan fingerprint density at radius 2 is 1.82 bits per heavy atom. The molecule has 0 aliphatic carbocycles. The van der Waals surface area contributed by atoms with Crippen LogP contribution in [-0.4, -0.2) is 26.2 Å². The fourth-order valence-electron chi connectivity index (χ4n) is 0.319. The molecule has 5 heteroatoms. The Balaban J connectivity index is 4.21. The van der Waals surface area contributed by atoms with E-state index in [1.165, 1.54) is 0 Å². The van der Waals surface area contributed by atoms with Gasteiger partial charge in [0.25, 0.3) is 0 Å². The quantitative estimate of drug-likeness (QED) is 0.429. The van der Waals surface area contributed by atoms with Crippen molar-refractivity contribution in [2.24, 2.45) is 0 Å². The van der Waals surface area contributed by atoms with Crippen LogP contribution in [0.1, 0.15) is 0 Å². The maximum atomic E-state index is 12.3. The van der Waals surface area contributed by atoms with Crippen LogP contribution >= 0.6 is 0 Å². The Morgan fingerprint density at radius 3 is 2.18 bits per heavy atom. The van der Waals surface area contributed by atoms with Gasteiger partial charge in [0.2, 0.25) is 5.83 Å². The molecule has 0 aliphatic rings.